The molecular formula is C32H27F2N5O3S. The molecule has 3 unspecified atom stereocenters. The van der Waals surface area contributed by atoms with Crippen molar-refractivity contribution in [2.75, 3.05) is 18.1 Å². The number of para-hydroxylation sites is 1. The molecule has 0 aliphatic carbocycles. The van der Waals surface area contributed by atoms with Crippen molar-refractivity contribution in [2.24, 2.45) is 0 Å². The number of amides is 1. The number of benzene rings is 2. The van der Waals surface area contributed by atoms with Crippen LogP contribution in [-0.2, 0) is 17.3 Å². The van der Waals surface area contributed by atoms with Crippen molar-refractivity contribution >= 4 is 44.2 Å². The lowest BCUT2D eigenvalue weighted by Crippen LogP contribution is -2.45. The van der Waals surface area contributed by atoms with Gasteiger partial charge in [-0.1, -0.05) is 18.2 Å². The summed E-state index contributed by atoms with van der Waals surface area (Å²) in [5.74, 6) is -1.75. The number of anilines is 1. The summed E-state index contributed by atoms with van der Waals surface area (Å²) in [6.07, 6.45) is 4.66. The third-order valence-electron chi connectivity index (χ3n) is 8.00. The fraction of sp³-hybridized carbons (Fsp3) is 0.250. The molecule has 2 aromatic carbocycles. The molecule has 3 atom stereocenters. The predicted octanol–water partition coefficient (Wildman–Crippen LogP) is 5.70. The smallest absolute Gasteiger partial charge is 0.251 e. The Morgan fingerprint density at radius 3 is 2.79 bits per heavy atom. The minimum absolute atomic E-state index is 0.0399. The number of fused-ring (bicyclic) bond motifs is 3. The number of aromatic nitrogens is 3. The molecule has 0 saturated carbocycles. The van der Waals surface area contributed by atoms with Crippen LogP contribution < -0.4 is 15.0 Å². The van der Waals surface area contributed by atoms with E-state index in [2.05, 4.69) is 34.3 Å². The van der Waals surface area contributed by atoms with Crippen LogP contribution in [0.15, 0.2) is 71.9 Å². The van der Waals surface area contributed by atoms with Gasteiger partial charge in [0.05, 0.1) is 63.2 Å². The van der Waals surface area contributed by atoms with Crippen LogP contribution in [0.2, 0.25) is 0 Å². The summed E-state index contributed by atoms with van der Waals surface area (Å²) >= 11 is 0. The Kier molecular flexibility index (Phi) is 6.97. The average molecular weight is 600 g/mol. The highest BCUT2D eigenvalue weighted by molar-refractivity contribution is 7.85. The Morgan fingerprint density at radius 1 is 1.09 bits per heavy atom. The van der Waals surface area contributed by atoms with Crippen molar-refractivity contribution in [3.05, 3.63) is 84.1 Å². The summed E-state index contributed by atoms with van der Waals surface area (Å²) in [5, 5.41) is 4.58. The molecule has 5 aromatic rings. The number of nitrogens with one attached hydrogen (secondary N) is 1. The molecule has 5 heterocycles. The summed E-state index contributed by atoms with van der Waals surface area (Å²) in [6.45, 7) is 3.20. The van der Waals surface area contributed by atoms with Crippen LogP contribution in [0.5, 0.6) is 5.75 Å². The van der Waals surface area contributed by atoms with Crippen LogP contribution in [0, 0.1) is 5.82 Å². The van der Waals surface area contributed by atoms with Gasteiger partial charge in [0.1, 0.15) is 0 Å². The van der Waals surface area contributed by atoms with Gasteiger partial charge in [-0.25, -0.2) is 13.8 Å². The first-order valence-corrected chi connectivity index (χ1v) is 15.3. The molecule has 43 heavy (non-hydrogen) atoms. The Morgan fingerprint density at radius 2 is 1.98 bits per heavy atom. The third kappa shape index (κ3) is 5.07. The molecule has 8 nitrogen and oxygen atoms in total. The van der Waals surface area contributed by atoms with E-state index in [1.165, 1.54) is 12.5 Å². The second-order valence-electron chi connectivity index (χ2n) is 10.8. The van der Waals surface area contributed by atoms with Crippen molar-refractivity contribution in [3.8, 4) is 17.0 Å². The summed E-state index contributed by atoms with van der Waals surface area (Å²) in [4.78, 5) is 29.2. The molecule has 1 amide bonds. The average Bonchev–Trinajstić information content (AvgIpc) is 3.16. The van der Waals surface area contributed by atoms with Crippen molar-refractivity contribution in [1.29, 1.82) is 0 Å². The van der Waals surface area contributed by atoms with E-state index >= 15 is 0 Å². The van der Waals surface area contributed by atoms with Crippen molar-refractivity contribution in [2.45, 2.75) is 42.8 Å². The lowest BCUT2D eigenvalue weighted by Gasteiger charge is -2.40. The second kappa shape index (κ2) is 11.0. The van der Waals surface area contributed by atoms with Crippen LogP contribution >= 0.6 is 0 Å². The fourth-order valence-corrected chi connectivity index (χ4v) is 6.65. The Hall–Kier alpha value is -4.51. The molecule has 1 saturated heterocycles. The summed E-state index contributed by atoms with van der Waals surface area (Å²) in [5.41, 5.74) is 3.11. The number of carbonyl (C=O) groups excluding carboxylic acids is 1. The van der Waals surface area contributed by atoms with E-state index < -0.39 is 28.0 Å². The maximum atomic E-state index is 14.7. The van der Waals surface area contributed by atoms with Gasteiger partial charge in [-0.05, 0) is 49.7 Å². The first kappa shape index (κ1) is 27.3. The van der Waals surface area contributed by atoms with Gasteiger partial charge in [-0.15, -0.1) is 0 Å². The minimum Gasteiger partial charge on any atom is -0.489 e. The molecular weight excluding hydrogens is 572 g/mol. The van der Waals surface area contributed by atoms with E-state index in [1.54, 1.807) is 12.3 Å². The van der Waals surface area contributed by atoms with E-state index in [0.29, 0.717) is 17.3 Å². The maximum absolute atomic E-state index is 14.7. The molecule has 0 bridgehead atoms. The van der Waals surface area contributed by atoms with Gasteiger partial charge < -0.3 is 15.0 Å². The summed E-state index contributed by atoms with van der Waals surface area (Å²) < 4.78 is 46.6. The first-order chi connectivity index (χ1) is 20.9. The molecule has 1 N–H and O–H groups in total. The van der Waals surface area contributed by atoms with Crippen molar-refractivity contribution in [1.82, 2.24) is 20.3 Å². The second-order valence-corrected chi connectivity index (χ2v) is 12.3. The molecule has 0 radical (unpaired) electrons. The Bertz CT molecular complexity index is 1940. The van der Waals surface area contributed by atoms with Crippen molar-refractivity contribution in [3.63, 3.8) is 0 Å². The highest BCUT2D eigenvalue weighted by Crippen LogP contribution is 2.34. The number of rotatable bonds is 5. The van der Waals surface area contributed by atoms with Gasteiger partial charge in [0, 0.05) is 47.1 Å². The minimum atomic E-state index is -2.14. The van der Waals surface area contributed by atoms with Gasteiger partial charge in [-0.3, -0.25) is 19.0 Å². The molecule has 2 aliphatic rings. The van der Waals surface area contributed by atoms with Gasteiger partial charge in [-0.2, -0.15) is 0 Å². The number of ether oxygens (including phenoxy) is 1. The van der Waals surface area contributed by atoms with E-state index in [0.717, 1.165) is 45.8 Å². The van der Waals surface area contributed by atoms with Crippen LogP contribution in [0.25, 0.3) is 33.1 Å². The van der Waals surface area contributed by atoms with E-state index in [1.807, 2.05) is 30.5 Å². The van der Waals surface area contributed by atoms with Gasteiger partial charge in [0.15, 0.2) is 17.1 Å². The normalized spacial score (nSPS) is 19.8. The molecule has 7 rings (SSSR count). The monoisotopic (exact) mass is 599 g/mol. The lowest BCUT2D eigenvalue weighted by atomic mass is 10.0. The molecule has 2 aliphatic heterocycles. The topological polar surface area (TPSA) is 97.3 Å². The largest absolute Gasteiger partial charge is 0.489 e. The molecule has 0 spiro atoms. The zero-order chi connectivity index (χ0) is 29.7. The Balaban J connectivity index is 1.13. The molecule has 218 valence electrons. The van der Waals surface area contributed by atoms with Crippen LogP contribution in [0.1, 0.15) is 35.8 Å². The zero-order valence-electron chi connectivity index (χ0n) is 23.2. The highest BCUT2D eigenvalue weighted by Gasteiger charge is 2.29. The quantitative estimate of drug-likeness (QED) is 0.277. The predicted molar refractivity (Wildman–Crippen MR) is 161 cm³/mol. The lowest BCUT2D eigenvalue weighted by molar-refractivity contribution is 0.0949. The summed E-state index contributed by atoms with van der Waals surface area (Å²) in [7, 11) is -2.14. The van der Waals surface area contributed by atoms with E-state index in [9.17, 15) is 17.8 Å². The van der Waals surface area contributed by atoms with Crippen molar-refractivity contribution < 1.29 is 22.5 Å². The first-order valence-electron chi connectivity index (χ1n) is 14.1. The third-order valence-corrected chi connectivity index (χ3v) is 9.43. The van der Waals surface area contributed by atoms with Crippen LogP contribution in [0.4, 0.5) is 14.5 Å². The molecule has 3 aromatic heterocycles. The number of nitrogens with zero attached hydrogens (tertiary/aromatic N) is 4. The van der Waals surface area contributed by atoms with E-state index in [4.69, 9.17) is 14.7 Å². The number of pyridine rings is 3. The number of hydrogen-bond acceptors (Lipinski definition) is 7. The number of halogens is 2. The summed E-state index contributed by atoms with van der Waals surface area (Å²) in [6, 6.07) is 16.6. The van der Waals surface area contributed by atoms with Crippen LogP contribution in [0.3, 0.4) is 0 Å². The number of alkyl halides is 1. The fourth-order valence-electron chi connectivity index (χ4n) is 5.48. The maximum Gasteiger partial charge on any atom is 0.251 e. The van der Waals surface area contributed by atoms with Gasteiger partial charge >= 0.3 is 0 Å². The van der Waals surface area contributed by atoms with E-state index in [-0.39, 0.29) is 35.8 Å². The standard InChI is InChI=1S/C32H27F2N5O3S/c1-18-7-9-39(18)23-11-19-3-2-4-24(30(19)36-17-23)26-6-5-20-15-35-22(14-27(20)38-26)16-37-32(40)21-12-25(33)31-28(13-21)43(41)29(34)8-10-42-31/h2-6,11-15,17-18,29H,7-10,16H2,1H3,(H,37,40). The molecule has 1 fully saturated rings. The Labute approximate surface area is 248 Å². The zero-order valence-corrected chi connectivity index (χ0v) is 24.0. The highest BCUT2D eigenvalue weighted by atomic mass is 32.2. The van der Waals surface area contributed by atoms with Crippen LogP contribution in [-0.4, -0.2) is 49.8 Å². The van der Waals surface area contributed by atoms with Gasteiger partial charge in [0.2, 0.25) is 0 Å². The SMILES string of the molecule is CC1CCN1c1cnc2c(-c3ccc4cnc(CNC(=O)c5cc(F)c6c(c5)S(=O)C(F)CCO6)cc4n3)cccc2c1. The molecule has 11 heteroatoms. The number of hydrogen-bond donors (Lipinski definition) is 1. The van der Waals surface area contributed by atoms with Gasteiger partial charge in [0.25, 0.3) is 5.91 Å². The number of carbonyl (C=O) groups is 1.